The summed E-state index contributed by atoms with van der Waals surface area (Å²) in [5, 5.41) is 11.4. The van der Waals surface area contributed by atoms with E-state index in [1.54, 1.807) is 7.05 Å². The number of carbonyl (C=O) groups is 2. The number of likely N-dealkylation sites (N-methyl/N-ethyl adjacent to an activating group) is 1. The second-order valence-corrected chi connectivity index (χ2v) is 7.70. The first-order chi connectivity index (χ1) is 15.5. The van der Waals surface area contributed by atoms with Crippen molar-refractivity contribution in [3.8, 4) is 5.75 Å². The first-order valence-electron chi connectivity index (χ1n) is 10.2. The monoisotopic (exact) mass is 431 g/mol. The smallest absolute Gasteiger partial charge is 0.309 e. The van der Waals surface area contributed by atoms with Crippen molar-refractivity contribution in [2.24, 2.45) is 7.05 Å². The molecular weight excluding hydrogens is 410 g/mol. The minimum Gasteiger partial charge on any atom is -0.489 e. The van der Waals surface area contributed by atoms with Gasteiger partial charge >= 0.3 is 11.8 Å². The van der Waals surface area contributed by atoms with Crippen LogP contribution < -0.4 is 15.0 Å². The number of hydrogen-bond donors (Lipinski definition) is 1. The summed E-state index contributed by atoms with van der Waals surface area (Å²) in [5.41, 5.74) is 2.62. The van der Waals surface area contributed by atoms with Crippen molar-refractivity contribution in [2.45, 2.75) is 12.5 Å². The molecule has 0 spiro atoms. The number of benzene rings is 2. The molecule has 1 atom stereocenters. The first-order valence-corrected chi connectivity index (χ1v) is 10.2. The topological polar surface area (TPSA) is 102 Å². The summed E-state index contributed by atoms with van der Waals surface area (Å²) in [7, 11) is 3.61. The molecule has 162 valence electrons. The molecule has 0 saturated heterocycles. The Labute approximate surface area is 183 Å². The Bertz CT molecular complexity index is 1310. The number of fused-ring (bicyclic) bond motifs is 2. The van der Waals surface area contributed by atoms with Crippen LogP contribution in [0.15, 0.2) is 59.1 Å². The number of carbonyl (C=O) groups excluding carboxylic acids is 2. The molecule has 1 N–H and O–H groups in total. The number of nitrogens with zero attached hydrogens (tertiary/aromatic N) is 4. The van der Waals surface area contributed by atoms with Crippen LogP contribution in [-0.4, -0.2) is 46.3 Å². The maximum Gasteiger partial charge on any atom is 0.309 e. The number of ether oxygens (including phenoxy) is 1. The minimum absolute atomic E-state index is 0.0111. The normalized spacial score (nSPS) is 15.9. The molecule has 2 aromatic heterocycles. The summed E-state index contributed by atoms with van der Waals surface area (Å²) in [6, 6.07) is 14.5. The van der Waals surface area contributed by atoms with Crippen molar-refractivity contribution in [2.75, 3.05) is 18.6 Å². The zero-order chi connectivity index (χ0) is 22.2. The Kier molecular flexibility index (Phi) is 4.85. The van der Waals surface area contributed by atoms with Gasteiger partial charge in [0.25, 0.3) is 5.91 Å². The minimum atomic E-state index is -0.896. The molecule has 0 saturated carbocycles. The predicted molar refractivity (Wildman–Crippen MR) is 117 cm³/mol. The van der Waals surface area contributed by atoms with Gasteiger partial charge in [0, 0.05) is 31.7 Å². The van der Waals surface area contributed by atoms with Crippen molar-refractivity contribution in [1.82, 2.24) is 20.1 Å². The highest BCUT2D eigenvalue weighted by Crippen LogP contribution is 2.35. The van der Waals surface area contributed by atoms with Crippen molar-refractivity contribution in [3.63, 3.8) is 0 Å². The zero-order valence-corrected chi connectivity index (χ0v) is 17.6. The van der Waals surface area contributed by atoms with Gasteiger partial charge in [-0.2, -0.15) is 0 Å². The lowest BCUT2D eigenvalue weighted by Crippen LogP contribution is -2.49. The Morgan fingerprint density at radius 1 is 1.16 bits per heavy atom. The quantitative estimate of drug-likeness (QED) is 0.532. The molecule has 9 heteroatoms. The fourth-order valence-corrected chi connectivity index (χ4v) is 3.77. The van der Waals surface area contributed by atoms with Gasteiger partial charge < -0.3 is 23.9 Å². The predicted octanol–water partition coefficient (Wildman–Crippen LogP) is 2.31. The van der Waals surface area contributed by atoms with Crippen LogP contribution in [0.3, 0.4) is 0 Å². The van der Waals surface area contributed by atoms with Gasteiger partial charge in [0.05, 0.1) is 17.6 Å². The standard InChI is InChI=1S/C23H21N5O4/c1-27-9-8-15-11-18-19(12-17(15)27)31-13-16(23(30)28(18)2)24-21(29)22-26-25-20(32-22)10-14-6-4-3-5-7-14/h3-9,11-12,16H,10,13H2,1-2H3,(H,24,29)/t16-/m1/s1. The highest BCUT2D eigenvalue weighted by Gasteiger charge is 2.32. The van der Waals surface area contributed by atoms with Crippen LogP contribution in [0.2, 0.25) is 0 Å². The van der Waals surface area contributed by atoms with Gasteiger partial charge in [-0.15, -0.1) is 10.2 Å². The molecule has 1 aliphatic rings. The lowest BCUT2D eigenvalue weighted by atomic mass is 10.2. The van der Waals surface area contributed by atoms with Crippen LogP contribution in [-0.2, 0) is 18.3 Å². The molecule has 1 aliphatic heterocycles. The Balaban J connectivity index is 1.32. The average Bonchev–Trinajstić information content (AvgIpc) is 3.39. The summed E-state index contributed by atoms with van der Waals surface area (Å²) >= 11 is 0. The van der Waals surface area contributed by atoms with Crippen LogP contribution in [0.1, 0.15) is 22.1 Å². The van der Waals surface area contributed by atoms with E-state index >= 15 is 0 Å². The van der Waals surface area contributed by atoms with Crippen molar-refractivity contribution < 1.29 is 18.7 Å². The SMILES string of the molecule is CN1C(=O)[C@H](NC(=O)c2nnc(Cc3ccccc3)o2)COc2cc3c(ccn3C)cc21. The van der Waals surface area contributed by atoms with Crippen LogP contribution in [0.5, 0.6) is 5.75 Å². The number of nitrogens with one attached hydrogen (secondary N) is 1. The number of rotatable bonds is 4. The molecule has 0 bridgehead atoms. The van der Waals surface area contributed by atoms with E-state index in [9.17, 15) is 9.59 Å². The van der Waals surface area contributed by atoms with Crippen molar-refractivity contribution >= 4 is 28.4 Å². The highest BCUT2D eigenvalue weighted by molar-refractivity contribution is 6.03. The first kappa shape index (κ1) is 19.8. The van der Waals surface area contributed by atoms with Crippen molar-refractivity contribution in [1.29, 1.82) is 0 Å². The van der Waals surface area contributed by atoms with E-state index < -0.39 is 11.9 Å². The van der Waals surface area contributed by atoms with Crippen LogP contribution in [0, 0.1) is 0 Å². The third-order valence-electron chi connectivity index (χ3n) is 5.53. The molecule has 4 aromatic rings. The second-order valence-electron chi connectivity index (χ2n) is 7.70. The summed E-state index contributed by atoms with van der Waals surface area (Å²) in [4.78, 5) is 27.2. The average molecular weight is 431 g/mol. The van der Waals surface area contributed by atoms with Crippen LogP contribution in [0.4, 0.5) is 5.69 Å². The summed E-state index contributed by atoms with van der Waals surface area (Å²) in [6.07, 6.45) is 2.36. The molecule has 3 heterocycles. The molecular formula is C23H21N5O4. The van der Waals surface area contributed by atoms with Crippen LogP contribution >= 0.6 is 0 Å². The maximum atomic E-state index is 13.0. The van der Waals surface area contributed by atoms with Gasteiger partial charge in [-0.1, -0.05) is 30.3 Å². The van der Waals surface area contributed by atoms with Gasteiger partial charge in [0.2, 0.25) is 5.89 Å². The Hall–Kier alpha value is -4.14. The van der Waals surface area contributed by atoms with Gasteiger partial charge in [-0.05, 0) is 17.7 Å². The van der Waals surface area contributed by atoms with Gasteiger partial charge in [0.1, 0.15) is 18.4 Å². The lowest BCUT2D eigenvalue weighted by Gasteiger charge is -2.20. The van der Waals surface area contributed by atoms with E-state index in [1.807, 2.05) is 66.3 Å². The molecule has 2 aromatic carbocycles. The summed E-state index contributed by atoms with van der Waals surface area (Å²) < 4.78 is 13.4. The maximum absolute atomic E-state index is 13.0. The zero-order valence-electron chi connectivity index (χ0n) is 17.6. The van der Waals surface area contributed by atoms with Crippen LogP contribution in [0.25, 0.3) is 10.9 Å². The number of aromatic nitrogens is 3. The van der Waals surface area contributed by atoms with E-state index in [-0.39, 0.29) is 18.4 Å². The van der Waals surface area contributed by atoms with E-state index in [1.165, 1.54) is 4.90 Å². The largest absolute Gasteiger partial charge is 0.489 e. The lowest BCUT2D eigenvalue weighted by molar-refractivity contribution is -0.120. The Morgan fingerprint density at radius 2 is 1.97 bits per heavy atom. The van der Waals surface area contributed by atoms with Gasteiger partial charge in [-0.3, -0.25) is 9.59 Å². The summed E-state index contributed by atoms with van der Waals surface area (Å²) in [6.45, 7) is -0.0111. The molecule has 0 fully saturated rings. The number of hydrogen-bond acceptors (Lipinski definition) is 6. The number of aryl methyl sites for hydroxylation is 1. The molecule has 2 amide bonds. The van der Waals surface area contributed by atoms with Crippen molar-refractivity contribution in [3.05, 3.63) is 72.1 Å². The second kappa shape index (κ2) is 7.84. The molecule has 0 unspecified atom stereocenters. The van der Waals surface area contributed by atoms with Gasteiger partial charge in [-0.25, -0.2) is 0 Å². The van der Waals surface area contributed by atoms with Gasteiger partial charge in [0.15, 0.2) is 0 Å². The fraction of sp³-hybridized carbons (Fsp3) is 0.217. The molecule has 32 heavy (non-hydrogen) atoms. The van der Waals surface area contributed by atoms with E-state index in [0.29, 0.717) is 23.7 Å². The molecule has 5 rings (SSSR count). The number of anilines is 1. The van der Waals surface area contributed by atoms with E-state index in [2.05, 4.69) is 15.5 Å². The molecule has 9 nitrogen and oxygen atoms in total. The molecule has 0 aliphatic carbocycles. The number of amides is 2. The molecule has 0 radical (unpaired) electrons. The summed E-state index contributed by atoms with van der Waals surface area (Å²) in [5.74, 6) is -0.214. The third kappa shape index (κ3) is 3.58. The van der Waals surface area contributed by atoms with E-state index in [0.717, 1.165) is 16.5 Å². The Morgan fingerprint density at radius 3 is 2.78 bits per heavy atom. The van der Waals surface area contributed by atoms with E-state index in [4.69, 9.17) is 9.15 Å². The highest BCUT2D eigenvalue weighted by atomic mass is 16.5. The fourth-order valence-electron chi connectivity index (χ4n) is 3.77. The third-order valence-corrected chi connectivity index (χ3v) is 5.53.